The lowest BCUT2D eigenvalue weighted by Gasteiger charge is -2.34. The lowest BCUT2D eigenvalue weighted by atomic mass is 10.1. The summed E-state index contributed by atoms with van der Waals surface area (Å²) in [5.74, 6) is -0.343. The van der Waals surface area contributed by atoms with Crippen LogP contribution in [0.25, 0.3) is 0 Å². The maximum Gasteiger partial charge on any atom is 0.416 e. The van der Waals surface area contributed by atoms with Gasteiger partial charge in [0.15, 0.2) is 0 Å². The average Bonchev–Trinajstić information content (AvgIpc) is 3.13. The summed E-state index contributed by atoms with van der Waals surface area (Å²) < 4.78 is 37.8. The van der Waals surface area contributed by atoms with E-state index in [1.54, 1.807) is 16.0 Å². The Morgan fingerprint density at radius 1 is 0.962 bits per heavy atom. The van der Waals surface area contributed by atoms with Gasteiger partial charge in [-0.3, -0.25) is 9.59 Å². The number of rotatable bonds is 3. The number of piperazine rings is 1. The molecule has 26 heavy (non-hydrogen) atoms. The highest BCUT2D eigenvalue weighted by Gasteiger charge is 2.31. The lowest BCUT2D eigenvalue weighted by molar-refractivity contribution is -0.137. The molecule has 2 aromatic rings. The van der Waals surface area contributed by atoms with Crippen molar-refractivity contribution in [3.63, 3.8) is 0 Å². The average molecular weight is 365 g/mol. The molecule has 2 amide bonds. The highest BCUT2D eigenvalue weighted by Crippen LogP contribution is 2.29. The number of aromatic nitrogens is 1. The van der Waals surface area contributed by atoms with E-state index < -0.39 is 11.7 Å². The molecule has 2 heterocycles. The number of amides is 2. The van der Waals surface area contributed by atoms with Gasteiger partial charge in [-0.05, 0) is 36.4 Å². The first kappa shape index (κ1) is 18.0. The normalized spacial score (nSPS) is 15.2. The Morgan fingerprint density at radius 2 is 1.58 bits per heavy atom. The van der Waals surface area contributed by atoms with Gasteiger partial charge in [0.2, 0.25) is 5.91 Å². The number of nitrogens with one attached hydrogen (secondary N) is 1. The van der Waals surface area contributed by atoms with Gasteiger partial charge in [-0.2, -0.15) is 13.2 Å². The summed E-state index contributed by atoms with van der Waals surface area (Å²) >= 11 is 0. The van der Waals surface area contributed by atoms with Crippen LogP contribution in [0.15, 0.2) is 42.6 Å². The molecule has 138 valence electrons. The third kappa shape index (κ3) is 4.07. The molecule has 1 fully saturated rings. The monoisotopic (exact) mass is 365 g/mol. The molecule has 1 aromatic heterocycles. The van der Waals surface area contributed by atoms with Crippen molar-refractivity contribution >= 4 is 11.8 Å². The summed E-state index contributed by atoms with van der Waals surface area (Å²) in [6.45, 7) is 1.53. The van der Waals surface area contributed by atoms with Gasteiger partial charge in [0.05, 0.1) is 12.0 Å². The molecule has 3 rings (SSSR count). The number of aromatic amines is 1. The summed E-state index contributed by atoms with van der Waals surface area (Å²) in [6, 6.07) is 7.85. The van der Waals surface area contributed by atoms with Crippen LogP contribution in [-0.4, -0.2) is 52.8 Å². The van der Waals surface area contributed by atoms with Gasteiger partial charge in [-0.1, -0.05) is 0 Å². The molecular weight excluding hydrogens is 347 g/mol. The van der Waals surface area contributed by atoms with Crippen LogP contribution >= 0.6 is 0 Å². The Kier molecular flexibility index (Phi) is 5.01. The number of halogens is 3. The minimum Gasteiger partial charge on any atom is -0.365 e. The van der Waals surface area contributed by atoms with Crippen molar-refractivity contribution in [3.05, 3.63) is 59.4 Å². The number of benzene rings is 1. The number of hydrogen-bond donors (Lipinski definition) is 1. The van der Waals surface area contributed by atoms with Gasteiger partial charge < -0.3 is 14.8 Å². The molecule has 1 N–H and O–H groups in total. The molecule has 1 aliphatic heterocycles. The van der Waals surface area contributed by atoms with Crippen molar-refractivity contribution in [1.82, 2.24) is 14.8 Å². The third-order valence-electron chi connectivity index (χ3n) is 4.38. The van der Waals surface area contributed by atoms with E-state index in [4.69, 9.17) is 0 Å². The predicted octanol–water partition coefficient (Wildman–Crippen LogP) is 2.56. The molecule has 0 saturated carbocycles. The first-order chi connectivity index (χ1) is 12.3. The Bertz CT molecular complexity index is 762. The molecule has 0 aliphatic carbocycles. The zero-order chi connectivity index (χ0) is 18.7. The number of H-pyrrole nitrogens is 1. The minimum absolute atomic E-state index is 0.0194. The summed E-state index contributed by atoms with van der Waals surface area (Å²) in [5, 5.41) is 0. The fourth-order valence-corrected chi connectivity index (χ4v) is 2.90. The number of carbonyl (C=O) groups is 2. The highest BCUT2D eigenvalue weighted by atomic mass is 19.4. The van der Waals surface area contributed by atoms with Gasteiger partial charge in [0.25, 0.3) is 5.91 Å². The molecule has 8 heteroatoms. The lowest BCUT2D eigenvalue weighted by Crippen LogP contribution is -2.51. The molecule has 0 spiro atoms. The van der Waals surface area contributed by atoms with E-state index in [0.29, 0.717) is 26.2 Å². The molecule has 0 atom stereocenters. The van der Waals surface area contributed by atoms with Crippen molar-refractivity contribution < 1.29 is 22.8 Å². The van der Waals surface area contributed by atoms with E-state index in [9.17, 15) is 22.8 Å². The first-order valence-corrected chi connectivity index (χ1v) is 8.21. The van der Waals surface area contributed by atoms with Crippen LogP contribution in [0.5, 0.6) is 0 Å². The topological polar surface area (TPSA) is 56.4 Å². The van der Waals surface area contributed by atoms with Crippen molar-refractivity contribution in [1.29, 1.82) is 0 Å². The van der Waals surface area contributed by atoms with Crippen molar-refractivity contribution in [2.45, 2.75) is 12.6 Å². The van der Waals surface area contributed by atoms with E-state index in [1.165, 1.54) is 12.1 Å². The zero-order valence-corrected chi connectivity index (χ0v) is 13.9. The molecule has 0 bridgehead atoms. The quantitative estimate of drug-likeness (QED) is 0.909. The summed E-state index contributed by atoms with van der Waals surface area (Å²) in [4.78, 5) is 30.9. The molecule has 1 aliphatic rings. The van der Waals surface area contributed by atoms with Crippen LogP contribution in [0, 0.1) is 0 Å². The van der Waals surface area contributed by atoms with E-state index in [-0.39, 0.29) is 23.8 Å². The number of nitrogens with zero attached hydrogens (tertiary/aromatic N) is 2. The van der Waals surface area contributed by atoms with Gasteiger partial charge in [0, 0.05) is 43.6 Å². The van der Waals surface area contributed by atoms with Gasteiger partial charge in [0.1, 0.15) is 0 Å². The highest BCUT2D eigenvalue weighted by molar-refractivity contribution is 5.94. The van der Waals surface area contributed by atoms with Gasteiger partial charge >= 0.3 is 6.18 Å². The van der Waals surface area contributed by atoms with E-state index >= 15 is 0 Å². The standard InChI is InChI=1S/C18H18F3N3O2/c19-18(20,21)14-5-3-13(4-6-14)17(26)24-10-8-23(9-11-24)16(25)12-15-2-1-7-22-15/h1-7,22H,8-12H2. The molecule has 1 aromatic carbocycles. The van der Waals surface area contributed by atoms with Crippen molar-refractivity contribution in [2.24, 2.45) is 0 Å². The largest absolute Gasteiger partial charge is 0.416 e. The summed E-state index contributed by atoms with van der Waals surface area (Å²) in [6.07, 6.45) is -2.39. The molecule has 1 saturated heterocycles. The Balaban J connectivity index is 1.55. The Labute approximate surface area is 148 Å². The molecule has 0 radical (unpaired) electrons. The van der Waals surface area contributed by atoms with E-state index in [1.807, 2.05) is 12.1 Å². The predicted molar refractivity (Wildman–Crippen MR) is 88.4 cm³/mol. The fraction of sp³-hybridized carbons (Fsp3) is 0.333. The van der Waals surface area contributed by atoms with Crippen LogP contribution in [0.2, 0.25) is 0 Å². The van der Waals surface area contributed by atoms with Crippen LogP contribution in [-0.2, 0) is 17.4 Å². The second kappa shape index (κ2) is 7.23. The minimum atomic E-state index is -4.42. The second-order valence-electron chi connectivity index (χ2n) is 6.12. The molecule has 0 unspecified atom stereocenters. The van der Waals surface area contributed by atoms with E-state index in [0.717, 1.165) is 17.8 Å². The van der Waals surface area contributed by atoms with E-state index in [2.05, 4.69) is 4.98 Å². The Morgan fingerprint density at radius 3 is 2.12 bits per heavy atom. The van der Waals surface area contributed by atoms with Crippen LogP contribution in [0.1, 0.15) is 21.6 Å². The fourth-order valence-electron chi connectivity index (χ4n) is 2.90. The number of hydrogen-bond acceptors (Lipinski definition) is 2. The van der Waals surface area contributed by atoms with Crippen LogP contribution in [0.3, 0.4) is 0 Å². The smallest absolute Gasteiger partial charge is 0.365 e. The van der Waals surface area contributed by atoms with Crippen LogP contribution in [0.4, 0.5) is 13.2 Å². The zero-order valence-electron chi connectivity index (χ0n) is 13.9. The maximum atomic E-state index is 12.6. The SMILES string of the molecule is O=C(Cc1ccc[nH]1)N1CCN(C(=O)c2ccc(C(F)(F)F)cc2)CC1. The number of carbonyl (C=O) groups excluding carboxylic acids is 2. The Hall–Kier alpha value is -2.77. The molecule has 5 nitrogen and oxygen atoms in total. The van der Waals surface area contributed by atoms with Crippen LogP contribution < -0.4 is 0 Å². The second-order valence-corrected chi connectivity index (χ2v) is 6.12. The van der Waals surface area contributed by atoms with Crippen molar-refractivity contribution in [3.8, 4) is 0 Å². The molecular formula is C18H18F3N3O2. The summed E-state index contributed by atoms with van der Waals surface area (Å²) in [7, 11) is 0. The maximum absolute atomic E-state index is 12.6. The number of alkyl halides is 3. The third-order valence-corrected chi connectivity index (χ3v) is 4.38. The summed E-state index contributed by atoms with van der Waals surface area (Å²) in [5.41, 5.74) is 0.260. The van der Waals surface area contributed by atoms with Crippen molar-refractivity contribution in [2.75, 3.05) is 26.2 Å². The first-order valence-electron chi connectivity index (χ1n) is 8.21. The van der Waals surface area contributed by atoms with Gasteiger partial charge in [-0.25, -0.2) is 0 Å². The van der Waals surface area contributed by atoms with Gasteiger partial charge in [-0.15, -0.1) is 0 Å².